The van der Waals surface area contributed by atoms with Crippen LogP contribution in [-0.2, 0) is 6.42 Å². The van der Waals surface area contributed by atoms with Crippen molar-refractivity contribution < 1.29 is 18.3 Å². The lowest BCUT2D eigenvalue weighted by molar-refractivity contribution is -0.202. The van der Waals surface area contributed by atoms with Crippen molar-refractivity contribution in [3.05, 3.63) is 35.2 Å². The predicted molar refractivity (Wildman–Crippen MR) is 57.6 cm³/mol. The van der Waals surface area contributed by atoms with Gasteiger partial charge < -0.3 is 5.11 Å². The fraction of sp³-hybridized carbons (Fsp3) is 0.273. The highest BCUT2D eigenvalue weighted by Gasteiger charge is 2.38. The molecule has 1 nitrogen and oxygen atoms in total. The molecule has 16 heavy (non-hydrogen) atoms. The van der Waals surface area contributed by atoms with E-state index in [2.05, 4.69) is 0 Å². The minimum atomic E-state index is -4.55. The molecular weight excluding hydrogens is 237 g/mol. The van der Waals surface area contributed by atoms with Gasteiger partial charge in [0.2, 0.25) is 0 Å². The number of aliphatic hydroxyl groups excluding tert-OH is 1. The van der Waals surface area contributed by atoms with Gasteiger partial charge >= 0.3 is 6.18 Å². The summed E-state index contributed by atoms with van der Waals surface area (Å²) >= 11 is 1.39. The second kappa shape index (κ2) is 4.07. The molecule has 1 aromatic heterocycles. The molecule has 0 saturated carbocycles. The highest BCUT2D eigenvalue weighted by molar-refractivity contribution is 7.17. The summed E-state index contributed by atoms with van der Waals surface area (Å²) in [5.41, 5.74) is 0.547. The van der Waals surface area contributed by atoms with E-state index in [-0.39, 0.29) is 6.42 Å². The fourth-order valence-corrected chi connectivity index (χ4v) is 2.49. The summed E-state index contributed by atoms with van der Waals surface area (Å²) in [6, 6.07) is 7.23. The topological polar surface area (TPSA) is 20.2 Å². The van der Waals surface area contributed by atoms with Crippen LogP contribution < -0.4 is 0 Å². The summed E-state index contributed by atoms with van der Waals surface area (Å²) in [5.74, 6) is 0. The van der Waals surface area contributed by atoms with Crippen molar-refractivity contribution in [1.29, 1.82) is 0 Å². The van der Waals surface area contributed by atoms with Crippen molar-refractivity contribution in [1.82, 2.24) is 0 Å². The van der Waals surface area contributed by atoms with Gasteiger partial charge in [0.1, 0.15) is 0 Å². The van der Waals surface area contributed by atoms with E-state index in [1.807, 2.05) is 12.1 Å². The monoisotopic (exact) mass is 246 g/mol. The van der Waals surface area contributed by atoms with Crippen LogP contribution in [0.1, 0.15) is 5.56 Å². The second-order valence-corrected chi connectivity index (χ2v) is 4.43. The Balaban J connectivity index is 2.28. The number of hydrogen-bond donors (Lipinski definition) is 1. The van der Waals surface area contributed by atoms with E-state index in [1.54, 1.807) is 17.5 Å². The largest absolute Gasteiger partial charge is 0.414 e. The number of benzene rings is 1. The van der Waals surface area contributed by atoms with Crippen molar-refractivity contribution in [3.8, 4) is 0 Å². The molecule has 0 fully saturated rings. The van der Waals surface area contributed by atoms with Crippen LogP contribution in [0.2, 0.25) is 0 Å². The third kappa shape index (κ3) is 2.20. The highest BCUT2D eigenvalue weighted by Crippen LogP contribution is 2.30. The van der Waals surface area contributed by atoms with Gasteiger partial charge in [-0.25, -0.2) is 0 Å². The van der Waals surface area contributed by atoms with Crippen molar-refractivity contribution in [2.75, 3.05) is 0 Å². The van der Waals surface area contributed by atoms with Gasteiger partial charge in [0, 0.05) is 11.1 Å². The van der Waals surface area contributed by atoms with Crippen LogP contribution in [0.3, 0.4) is 0 Å². The number of rotatable bonds is 2. The fourth-order valence-electron chi connectivity index (χ4n) is 1.51. The zero-order valence-electron chi connectivity index (χ0n) is 8.16. The van der Waals surface area contributed by atoms with Gasteiger partial charge in [0.25, 0.3) is 0 Å². The Morgan fingerprint density at radius 1 is 1.25 bits per heavy atom. The minimum absolute atomic E-state index is 0.381. The van der Waals surface area contributed by atoms with E-state index in [4.69, 9.17) is 5.11 Å². The minimum Gasteiger partial charge on any atom is -0.383 e. The highest BCUT2D eigenvalue weighted by atomic mass is 32.1. The molecule has 1 heterocycles. The molecule has 5 heteroatoms. The van der Waals surface area contributed by atoms with Crippen molar-refractivity contribution in [2.45, 2.75) is 18.7 Å². The van der Waals surface area contributed by atoms with Crippen LogP contribution >= 0.6 is 11.3 Å². The molecule has 0 aliphatic heterocycles. The first-order valence-corrected chi connectivity index (χ1v) is 5.56. The standard InChI is InChI=1S/C11H9F3OS/c12-11(13,14)10(15)5-7-6-16-9-4-2-1-3-8(7)9/h1-4,6,10,15H,5H2/t10-/m0/s1. The average molecular weight is 246 g/mol. The van der Waals surface area contributed by atoms with E-state index in [0.717, 1.165) is 10.1 Å². The number of halogens is 3. The first kappa shape index (κ1) is 11.4. The zero-order chi connectivity index (χ0) is 11.8. The first-order chi connectivity index (χ1) is 7.48. The Hall–Kier alpha value is -1.07. The normalized spacial score (nSPS) is 14.2. The lowest BCUT2D eigenvalue weighted by Gasteiger charge is -2.13. The Morgan fingerprint density at radius 2 is 1.94 bits per heavy atom. The maximum absolute atomic E-state index is 12.2. The maximum atomic E-state index is 12.2. The molecule has 0 aliphatic carbocycles. The van der Waals surface area contributed by atoms with Crippen LogP contribution in [0.4, 0.5) is 13.2 Å². The molecule has 0 spiro atoms. The Kier molecular flexibility index (Phi) is 2.90. The molecule has 0 unspecified atom stereocenters. The quantitative estimate of drug-likeness (QED) is 0.861. The molecular formula is C11H9F3OS. The third-order valence-corrected chi connectivity index (χ3v) is 3.36. The SMILES string of the molecule is O[C@@H](Cc1csc2ccccc12)C(F)(F)F. The lowest BCUT2D eigenvalue weighted by atomic mass is 10.1. The first-order valence-electron chi connectivity index (χ1n) is 4.68. The number of hydrogen-bond acceptors (Lipinski definition) is 2. The molecule has 2 aromatic rings. The zero-order valence-corrected chi connectivity index (χ0v) is 8.98. The summed E-state index contributed by atoms with van der Waals surface area (Å²) in [7, 11) is 0. The van der Waals surface area contributed by atoms with Gasteiger partial charge in [0.15, 0.2) is 6.10 Å². The van der Waals surface area contributed by atoms with Crippen molar-refractivity contribution in [2.24, 2.45) is 0 Å². The maximum Gasteiger partial charge on any atom is 0.414 e. The molecule has 0 saturated heterocycles. The Bertz CT molecular complexity index is 489. The molecule has 0 aliphatic rings. The van der Waals surface area contributed by atoms with E-state index in [0.29, 0.717) is 5.56 Å². The van der Waals surface area contributed by atoms with E-state index >= 15 is 0 Å². The van der Waals surface area contributed by atoms with E-state index in [1.165, 1.54) is 11.3 Å². The summed E-state index contributed by atoms with van der Waals surface area (Å²) in [4.78, 5) is 0. The van der Waals surface area contributed by atoms with Crippen LogP contribution in [0.15, 0.2) is 29.6 Å². The van der Waals surface area contributed by atoms with E-state index < -0.39 is 12.3 Å². The van der Waals surface area contributed by atoms with Crippen LogP contribution in [0.25, 0.3) is 10.1 Å². The molecule has 0 bridgehead atoms. The Labute approximate surface area is 94.1 Å². The lowest BCUT2D eigenvalue weighted by Crippen LogP contribution is -2.30. The van der Waals surface area contributed by atoms with Gasteiger partial charge in [-0.05, 0) is 22.4 Å². The number of fused-ring (bicyclic) bond motifs is 1. The van der Waals surface area contributed by atoms with Gasteiger partial charge in [-0.2, -0.15) is 13.2 Å². The number of thiophene rings is 1. The van der Waals surface area contributed by atoms with Crippen LogP contribution in [0, 0.1) is 0 Å². The predicted octanol–water partition coefficient (Wildman–Crippen LogP) is 3.37. The molecule has 0 radical (unpaired) electrons. The van der Waals surface area contributed by atoms with Crippen molar-refractivity contribution >= 4 is 21.4 Å². The van der Waals surface area contributed by atoms with Crippen LogP contribution in [0.5, 0.6) is 0 Å². The van der Waals surface area contributed by atoms with Gasteiger partial charge in [0.05, 0.1) is 0 Å². The molecule has 1 atom stereocenters. The molecule has 2 rings (SSSR count). The summed E-state index contributed by atoms with van der Waals surface area (Å²) in [6.45, 7) is 0. The molecule has 0 amide bonds. The second-order valence-electron chi connectivity index (χ2n) is 3.52. The third-order valence-electron chi connectivity index (χ3n) is 2.35. The summed E-state index contributed by atoms with van der Waals surface area (Å²) in [6.07, 6.45) is -7.22. The molecule has 1 N–H and O–H groups in total. The van der Waals surface area contributed by atoms with Crippen molar-refractivity contribution in [3.63, 3.8) is 0 Å². The molecule has 1 aromatic carbocycles. The van der Waals surface area contributed by atoms with E-state index in [9.17, 15) is 13.2 Å². The summed E-state index contributed by atoms with van der Waals surface area (Å²) in [5, 5.41) is 11.5. The average Bonchev–Trinajstić information content (AvgIpc) is 2.61. The van der Waals surface area contributed by atoms with Crippen LogP contribution in [-0.4, -0.2) is 17.4 Å². The molecule has 86 valence electrons. The number of alkyl halides is 3. The number of aliphatic hydroxyl groups is 1. The smallest absolute Gasteiger partial charge is 0.383 e. The summed E-state index contributed by atoms with van der Waals surface area (Å²) < 4.78 is 37.5. The van der Waals surface area contributed by atoms with Gasteiger partial charge in [-0.15, -0.1) is 11.3 Å². The Morgan fingerprint density at radius 3 is 2.62 bits per heavy atom. The van der Waals surface area contributed by atoms with Gasteiger partial charge in [-0.3, -0.25) is 0 Å². The van der Waals surface area contributed by atoms with Gasteiger partial charge in [-0.1, -0.05) is 18.2 Å².